The number of phenolic OH excluding ortho intramolecular Hbond substituents is 2. The van der Waals surface area contributed by atoms with E-state index in [4.69, 9.17) is 4.74 Å². The van der Waals surface area contributed by atoms with E-state index < -0.39 is 23.0 Å². The van der Waals surface area contributed by atoms with E-state index in [0.717, 1.165) is 6.07 Å². The maximum absolute atomic E-state index is 12.7. The number of ether oxygens (including phenoxy) is 1. The first kappa shape index (κ1) is 22.1. The number of hydrogen-bond acceptors (Lipinski definition) is 7. The van der Waals surface area contributed by atoms with E-state index >= 15 is 0 Å². The lowest BCUT2D eigenvalue weighted by Crippen LogP contribution is -2.29. The van der Waals surface area contributed by atoms with E-state index in [-0.39, 0.29) is 47.0 Å². The number of ketones is 2. The Morgan fingerprint density at radius 1 is 0.879 bits per heavy atom. The summed E-state index contributed by atoms with van der Waals surface area (Å²) in [5, 5.41) is 32.0. The van der Waals surface area contributed by atoms with Gasteiger partial charge in [0.2, 0.25) is 11.6 Å². The van der Waals surface area contributed by atoms with Crippen LogP contribution in [0.2, 0.25) is 0 Å². The van der Waals surface area contributed by atoms with Crippen molar-refractivity contribution in [1.29, 1.82) is 0 Å². The number of Topliss-reactive ketones (excluding diaryl/α,β-unsaturated/α-hetero) is 2. The Labute approximate surface area is 189 Å². The number of carbonyl (C=O) groups is 3. The van der Waals surface area contributed by atoms with Crippen molar-refractivity contribution in [3.8, 4) is 11.5 Å². The van der Waals surface area contributed by atoms with Gasteiger partial charge in [0.05, 0.1) is 6.61 Å². The molecule has 0 bridgehead atoms. The zero-order valence-corrected chi connectivity index (χ0v) is 18.1. The van der Waals surface area contributed by atoms with Crippen LogP contribution in [-0.2, 0) is 9.53 Å². The molecule has 0 radical (unpaired) electrons. The molecule has 0 aromatic heterocycles. The number of aliphatic hydroxyl groups excluding tert-OH is 1. The van der Waals surface area contributed by atoms with Gasteiger partial charge in [0, 0.05) is 32.9 Å². The highest BCUT2D eigenvalue weighted by molar-refractivity contribution is 6.52. The number of hydrogen-bond donors (Lipinski definition) is 3. The molecule has 168 valence electrons. The molecule has 0 atom stereocenters. The summed E-state index contributed by atoms with van der Waals surface area (Å²) >= 11 is 0. The van der Waals surface area contributed by atoms with Crippen LogP contribution in [0.5, 0.6) is 11.5 Å². The number of allylic oxidation sites excluding steroid dienone is 1. The van der Waals surface area contributed by atoms with Crippen LogP contribution in [0, 0.1) is 5.41 Å². The number of benzene rings is 3. The zero-order chi connectivity index (χ0) is 23.9. The van der Waals surface area contributed by atoms with Crippen LogP contribution in [0.25, 0.3) is 16.5 Å². The molecule has 0 saturated carbocycles. The van der Waals surface area contributed by atoms with E-state index in [0.29, 0.717) is 16.3 Å². The summed E-state index contributed by atoms with van der Waals surface area (Å²) in [5.41, 5.74) is -0.607. The standard InChI is InChI=1S/C26H22O7/c1-26(2,12-19-22(29)16-9-5-6-10-17(16)23(30)24(19)31)13-33-25(32)18-11-20(27)14-7-3-4-8-15(14)21(18)28/h3-11,27-29H,12-13H2,1-2H3. The van der Waals surface area contributed by atoms with Crippen molar-refractivity contribution in [1.82, 2.24) is 0 Å². The minimum absolute atomic E-state index is 0.0139. The van der Waals surface area contributed by atoms with Crippen molar-refractivity contribution in [2.45, 2.75) is 20.3 Å². The summed E-state index contributed by atoms with van der Waals surface area (Å²) in [7, 11) is 0. The van der Waals surface area contributed by atoms with E-state index in [1.165, 1.54) is 6.07 Å². The second kappa shape index (κ2) is 8.09. The highest BCUT2D eigenvalue weighted by atomic mass is 16.5. The number of fused-ring (bicyclic) bond motifs is 2. The molecule has 0 unspecified atom stereocenters. The number of aromatic hydroxyl groups is 2. The highest BCUT2D eigenvalue weighted by Gasteiger charge is 2.36. The van der Waals surface area contributed by atoms with Crippen LogP contribution in [0.3, 0.4) is 0 Å². The summed E-state index contributed by atoms with van der Waals surface area (Å²) < 4.78 is 5.38. The third kappa shape index (κ3) is 3.93. The van der Waals surface area contributed by atoms with Crippen molar-refractivity contribution >= 4 is 34.1 Å². The molecule has 7 heteroatoms. The second-order valence-electron chi connectivity index (χ2n) is 8.79. The van der Waals surface area contributed by atoms with Crippen molar-refractivity contribution in [3.05, 3.63) is 76.9 Å². The third-order valence-corrected chi connectivity index (χ3v) is 5.66. The fraction of sp³-hybridized carbons (Fsp3) is 0.192. The molecule has 0 aliphatic heterocycles. The predicted octanol–water partition coefficient (Wildman–Crippen LogP) is 4.56. The fourth-order valence-corrected chi connectivity index (χ4v) is 3.95. The average Bonchev–Trinajstić information content (AvgIpc) is 2.81. The minimum atomic E-state index is -0.851. The molecule has 0 heterocycles. The Balaban J connectivity index is 1.55. The van der Waals surface area contributed by atoms with Crippen molar-refractivity contribution < 1.29 is 34.4 Å². The molecule has 0 saturated heterocycles. The van der Waals surface area contributed by atoms with E-state index in [2.05, 4.69) is 0 Å². The zero-order valence-electron chi connectivity index (χ0n) is 18.1. The number of aliphatic hydroxyl groups is 1. The Kier molecular flexibility index (Phi) is 5.41. The molecule has 0 fully saturated rings. The largest absolute Gasteiger partial charge is 0.507 e. The van der Waals surface area contributed by atoms with Gasteiger partial charge in [-0.25, -0.2) is 4.79 Å². The van der Waals surface area contributed by atoms with Gasteiger partial charge in [-0.15, -0.1) is 0 Å². The van der Waals surface area contributed by atoms with Gasteiger partial charge in [0.1, 0.15) is 22.8 Å². The maximum Gasteiger partial charge on any atom is 0.342 e. The van der Waals surface area contributed by atoms with E-state index in [1.807, 2.05) is 0 Å². The number of rotatable bonds is 5. The minimum Gasteiger partial charge on any atom is -0.507 e. The van der Waals surface area contributed by atoms with Crippen molar-refractivity contribution in [2.75, 3.05) is 6.61 Å². The smallest absolute Gasteiger partial charge is 0.342 e. The Bertz CT molecular complexity index is 1350. The average molecular weight is 446 g/mol. The maximum atomic E-state index is 12.7. The first-order valence-electron chi connectivity index (χ1n) is 10.3. The van der Waals surface area contributed by atoms with Gasteiger partial charge in [0.25, 0.3) is 0 Å². The summed E-state index contributed by atoms with van der Waals surface area (Å²) in [6.07, 6.45) is -0.0139. The third-order valence-electron chi connectivity index (χ3n) is 5.66. The van der Waals surface area contributed by atoms with E-state index in [1.54, 1.807) is 56.3 Å². The fourth-order valence-electron chi connectivity index (χ4n) is 3.95. The lowest BCUT2D eigenvalue weighted by Gasteiger charge is -2.27. The van der Waals surface area contributed by atoms with Gasteiger partial charge >= 0.3 is 5.97 Å². The van der Waals surface area contributed by atoms with Crippen LogP contribution in [0.15, 0.2) is 60.2 Å². The van der Waals surface area contributed by atoms with Crippen LogP contribution in [0.1, 0.15) is 46.5 Å². The van der Waals surface area contributed by atoms with Gasteiger partial charge in [0.15, 0.2) is 0 Å². The van der Waals surface area contributed by atoms with Crippen LogP contribution in [-0.4, -0.2) is 39.5 Å². The summed E-state index contributed by atoms with van der Waals surface area (Å²) in [5.74, 6) is -3.07. The first-order chi connectivity index (χ1) is 15.6. The topological polar surface area (TPSA) is 121 Å². The van der Waals surface area contributed by atoms with Crippen molar-refractivity contribution in [3.63, 3.8) is 0 Å². The molecule has 7 nitrogen and oxygen atoms in total. The lowest BCUT2D eigenvalue weighted by molar-refractivity contribution is -0.112. The number of carbonyl (C=O) groups excluding carboxylic acids is 3. The molecule has 0 amide bonds. The quantitative estimate of drug-likeness (QED) is 0.298. The van der Waals surface area contributed by atoms with Gasteiger partial charge in [-0.2, -0.15) is 0 Å². The van der Waals surface area contributed by atoms with Crippen molar-refractivity contribution in [2.24, 2.45) is 5.41 Å². The summed E-state index contributed by atoms with van der Waals surface area (Å²) in [6, 6.07) is 14.0. The molecule has 3 aromatic carbocycles. The molecular formula is C26H22O7. The van der Waals surface area contributed by atoms with E-state index in [9.17, 15) is 29.7 Å². The summed E-state index contributed by atoms with van der Waals surface area (Å²) in [6.45, 7) is 3.27. The van der Waals surface area contributed by atoms with Gasteiger partial charge in [-0.05, 0) is 12.5 Å². The van der Waals surface area contributed by atoms with Gasteiger partial charge in [-0.3, -0.25) is 9.59 Å². The molecule has 4 rings (SSSR count). The highest BCUT2D eigenvalue weighted by Crippen LogP contribution is 2.37. The van der Waals surface area contributed by atoms with Gasteiger partial charge in [-0.1, -0.05) is 62.4 Å². The normalized spacial score (nSPS) is 13.9. The SMILES string of the molecule is CC(C)(COC(=O)c1cc(O)c2ccccc2c1O)CC1=C(O)c2ccccc2C(=O)C1=O. The Hall–Kier alpha value is -4.13. The Morgan fingerprint density at radius 2 is 1.48 bits per heavy atom. The number of esters is 1. The Morgan fingerprint density at radius 3 is 2.18 bits per heavy atom. The van der Waals surface area contributed by atoms with Crippen LogP contribution in [0.4, 0.5) is 0 Å². The van der Waals surface area contributed by atoms with Gasteiger partial charge < -0.3 is 20.1 Å². The van der Waals surface area contributed by atoms with Crippen LogP contribution < -0.4 is 0 Å². The molecule has 1 aliphatic rings. The molecule has 33 heavy (non-hydrogen) atoms. The van der Waals surface area contributed by atoms with Crippen LogP contribution >= 0.6 is 0 Å². The number of phenols is 2. The summed E-state index contributed by atoms with van der Waals surface area (Å²) in [4.78, 5) is 37.7. The lowest BCUT2D eigenvalue weighted by atomic mass is 9.79. The second-order valence-corrected chi connectivity index (χ2v) is 8.79. The predicted molar refractivity (Wildman–Crippen MR) is 121 cm³/mol. The molecule has 1 aliphatic carbocycles. The molecule has 0 spiro atoms. The molecule has 3 N–H and O–H groups in total. The molecular weight excluding hydrogens is 424 g/mol. The molecule has 3 aromatic rings. The monoisotopic (exact) mass is 446 g/mol. The first-order valence-corrected chi connectivity index (χ1v) is 10.3.